The SMILES string of the molecule is COCOCC1Cc2sc(B3OC(C)(C)C(C)(C)O3)cc2CN1C(c1ccccc1)(c1ccccc1)c1ccccc1. The fourth-order valence-electron chi connectivity index (χ4n) is 6.35. The third kappa shape index (κ3) is 5.17. The number of hydrogen-bond acceptors (Lipinski definition) is 6. The van der Waals surface area contributed by atoms with Crippen LogP contribution in [0.5, 0.6) is 0 Å². The average Bonchev–Trinajstić information content (AvgIpc) is 3.51. The van der Waals surface area contributed by atoms with Crippen LogP contribution in [0.3, 0.4) is 0 Å². The molecule has 1 unspecified atom stereocenters. The zero-order chi connectivity index (χ0) is 29.4. The zero-order valence-corrected chi connectivity index (χ0v) is 26.0. The number of rotatable bonds is 9. The van der Waals surface area contributed by atoms with E-state index in [2.05, 4.69) is 130 Å². The summed E-state index contributed by atoms with van der Waals surface area (Å²) in [6.07, 6.45) is 0.859. The summed E-state index contributed by atoms with van der Waals surface area (Å²) in [5.74, 6) is 0. The molecular weight excluding hydrogens is 541 g/mol. The van der Waals surface area contributed by atoms with Gasteiger partial charge in [-0.05, 0) is 62.4 Å². The number of methoxy groups -OCH3 is 1. The topological polar surface area (TPSA) is 40.2 Å². The third-order valence-corrected chi connectivity index (χ3v) is 10.3. The lowest BCUT2D eigenvalue weighted by atomic mass is 9.73. The van der Waals surface area contributed by atoms with Crippen molar-refractivity contribution in [3.05, 3.63) is 124 Å². The molecule has 5 nitrogen and oxygen atoms in total. The monoisotopic (exact) mass is 581 g/mol. The van der Waals surface area contributed by atoms with Gasteiger partial charge in [0.2, 0.25) is 0 Å². The standard InChI is InChI=1S/C35H40BNO4S/c1-33(2)34(3,4)41-36(40-33)32-21-26-23-37(30(22-31(26)42-32)24-39-25-38-5)35(27-15-9-6-10-16-27,28-17-11-7-12-18-28)29-19-13-8-14-20-29/h6-21,30H,22-25H2,1-5H3. The van der Waals surface area contributed by atoms with Gasteiger partial charge in [-0.2, -0.15) is 0 Å². The highest BCUT2D eigenvalue weighted by Gasteiger charge is 2.53. The minimum Gasteiger partial charge on any atom is -0.399 e. The first kappa shape index (κ1) is 29.3. The lowest BCUT2D eigenvalue weighted by Crippen LogP contribution is -2.56. The number of thiophene rings is 1. The van der Waals surface area contributed by atoms with E-state index < -0.39 is 5.54 Å². The second-order valence-electron chi connectivity index (χ2n) is 12.3. The predicted octanol–water partition coefficient (Wildman–Crippen LogP) is 6.39. The first-order valence-electron chi connectivity index (χ1n) is 14.7. The fourth-order valence-corrected chi connectivity index (χ4v) is 7.56. The molecule has 2 aliphatic rings. The van der Waals surface area contributed by atoms with E-state index in [0.717, 1.165) is 17.7 Å². The van der Waals surface area contributed by atoms with Crippen LogP contribution in [0.2, 0.25) is 0 Å². The van der Waals surface area contributed by atoms with E-state index in [0.29, 0.717) is 6.61 Å². The van der Waals surface area contributed by atoms with Crippen LogP contribution in [0.4, 0.5) is 0 Å². The lowest BCUT2D eigenvalue weighted by Gasteiger charge is -2.51. The summed E-state index contributed by atoms with van der Waals surface area (Å²) >= 11 is 1.81. The van der Waals surface area contributed by atoms with E-state index in [1.54, 1.807) is 7.11 Å². The molecular formula is C35H40BNO4S. The molecule has 0 saturated carbocycles. The van der Waals surface area contributed by atoms with Crippen LogP contribution in [-0.2, 0) is 37.3 Å². The number of fused-ring (bicyclic) bond motifs is 1. The van der Waals surface area contributed by atoms with Crippen molar-refractivity contribution < 1.29 is 18.8 Å². The molecule has 0 N–H and O–H groups in total. The highest BCUT2D eigenvalue weighted by Crippen LogP contribution is 2.47. The predicted molar refractivity (Wildman–Crippen MR) is 170 cm³/mol. The van der Waals surface area contributed by atoms with Crippen LogP contribution < -0.4 is 4.78 Å². The molecule has 2 aliphatic heterocycles. The second-order valence-corrected chi connectivity index (χ2v) is 13.4. The molecule has 3 aromatic carbocycles. The summed E-state index contributed by atoms with van der Waals surface area (Å²) < 4.78 is 25.5. The summed E-state index contributed by atoms with van der Waals surface area (Å²) in [4.78, 5) is 4.01. The molecule has 0 amide bonds. The van der Waals surface area contributed by atoms with Crippen LogP contribution in [0.25, 0.3) is 0 Å². The van der Waals surface area contributed by atoms with Gasteiger partial charge in [-0.1, -0.05) is 91.0 Å². The van der Waals surface area contributed by atoms with Gasteiger partial charge in [0.15, 0.2) is 0 Å². The van der Waals surface area contributed by atoms with Gasteiger partial charge in [0.25, 0.3) is 0 Å². The first-order valence-corrected chi connectivity index (χ1v) is 15.5. The highest BCUT2D eigenvalue weighted by molar-refractivity contribution is 7.22. The van der Waals surface area contributed by atoms with Gasteiger partial charge in [0.1, 0.15) is 6.79 Å². The molecule has 42 heavy (non-hydrogen) atoms. The molecule has 0 spiro atoms. The van der Waals surface area contributed by atoms with E-state index >= 15 is 0 Å². The Morgan fingerprint density at radius 1 is 0.833 bits per heavy atom. The van der Waals surface area contributed by atoms with E-state index in [9.17, 15) is 0 Å². The minimum atomic E-state index is -0.547. The quantitative estimate of drug-likeness (QED) is 0.0993. The van der Waals surface area contributed by atoms with Crippen molar-refractivity contribution in [1.82, 2.24) is 4.90 Å². The summed E-state index contributed by atoms with van der Waals surface area (Å²) in [7, 11) is 1.30. The van der Waals surface area contributed by atoms with Crippen molar-refractivity contribution in [2.75, 3.05) is 20.5 Å². The Hall–Kier alpha value is -2.78. The van der Waals surface area contributed by atoms with Gasteiger partial charge >= 0.3 is 7.12 Å². The van der Waals surface area contributed by atoms with Gasteiger partial charge in [-0.3, -0.25) is 4.90 Å². The van der Waals surface area contributed by atoms with E-state index in [-0.39, 0.29) is 31.2 Å². The third-order valence-electron chi connectivity index (χ3n) is 9.12. The Morgan fingerprint density at radius 3 is 1.81 bits per heavy atom. The number of ether oxygens (including phenoxy) is 2. The van der Waals surface area contributed by atoms with Crippen LogP contribution in [-0.4, -0.2) is 49.8 Å². The Balaban J connectivity index is 1.50. The molecule has 1 fully saturated rings. The van der Waals surface area contributed by atoms with Crippen molar-refractivity contribution in [1.29, 1.82) is 0 Å². The molecule has 1 aromatic heterocycles. The second kappa shape index (κ2) is 11.7. The molecule has 3 heterocycles. The van der Waals surface area contributed by atoms with Crippen molar-refractivity contribution in [2.24, 2.45) is 0 Å². The summed E-state index contributed by atoms with van der Waals surface area (Å²) in [5, 5.41) is 0. The van der Waals surface area contributed by atoms with Gasteiger partial charge in [0.05, 0.1) is 23.3 Å². The maximum atomic E-state index is 6.47. The van der Waals surface area contributed by atoms with Crippen LogP contribution in [0, 0.1) is 0 Å². The number of hydrogen-bond donors (Lipinski definition) is 0. The van der Waals surface area contributed by atoms with Crippen LogP contribution >= 0.6 is 11.3 Å². The normalized spacial score (nSPS) is 20.0. The van der Waals surface area contributed by atoms with Crippen molar-refractivity contribution >= 4 is 23.2 Å². The molecule has 0 aliphatic carbocycles. The molecule has 1 atom stereocenters. The molecule has 0 bridgehead atoms. The Bertz CT molecular complexity index is 1360. The molecule has 7 heteroatoms. The fraction of sp³-hybridized carbons (Fsp3) is 0.371. The minimum absolute atomic E-state index is 0.0954. The number of benzene rings is 3. The van der Waals surface area contributed by atoms with Crippen LogP contribution in [0.15, 0.2) is 97.1 Å². The van der Waals surface area contributed by atoms with Gasteiger partial charge in [-0.15, -0.1) is 11.3 Å². The molecule has 1 saturated heterocycles. The van der Waals surface area contributed by atoms with Gasteiger partial charge in [0, 0.05) is 29.4 Å². The maximum absolute atomic E-state index is 6.47. The maximum Gasteiger partial charge on any atom is 0.505 e. The highest BCUT2D eigenvalue weighted by atomic mass is 32.1. The van der Waals surface area contributed by atoms with E-state index in [1.165, 1.54) is 27.1 Å². The molecule has 4 aromatic rings. The smallest absolute Gasteiger partial charge is 0.399 e. The van der Waals surface area contributed by atoms with Crippen LogP contribution in [0.1, 0.15) is 54.8 Å². The van der Waals surface area contributed by atoms with Gasteiger partial charge in [-0.25, -0.2) is 0 Å². The summed E-state index contributed by atoms with van der Waals surface area (Å²) in [6.45, 7) is 10.0. The van der Waals surface area contributed by atoms with Crippen molar-refractivity contribution in [2.45, 2.75) is 63.4 Å². The number of nitrogens with zero attached hydrogens (tertiary/aromatic N) is 1. The Labute approximate surface area is 254 Å². The van der Waals surface area contributed by atoms with Crippen molar-refractivity contribution in [3.8, 4) is 0 Å². The summed E-state index contributed by atoms with van der Waals surface area (Å²) in [6, 6.07) is 35.1. The van der Waals surface area contributed by atoms with Gasteiger partial charge < -0.3 is 18.8 Å². The lowest BCUT2D eigenvalue weighted by molar-refractivity contribution is -0.0647. The Kier molecular flexibility index (Phi) is 8.18. The van der Waals surface area contributed by atoms with E-state index in [1.807, 2.05) is 11.3 Å². The molecule has 6 rings (SSSR count). The zero-order valence-electron chi connectivity index (χ0n) is 25.2. The average molecular weight is 582 g/mol. The first-order chi connectivity index (χ1) is 20.3. The molecule has 218 valence electrons. The van der Waals surface area contributed by atoms with Crippen molar-refractivity contribution in [3.63, 3.8) is 0 Å². The molecule has 0 radical (unpaired) electrons. The summed E-state index contributed by atoms with van der Waals surface area (Å²) in [5.41, 5.74) is 3.69. The van der Waals surface area contributed by atoms with E-state index in [4.69, 9.17) is 18.8 Å². The largest absolute Gasteiger partial charge is 0.505 e. The Morgan fingerprint density at radius 2 is 1.33 bits per heavy atom.